The average molecular weight is 564 g/mol. The molecule has 3 aromatic rings. The third-order valence-corrected chi connectivity index (χ3v) is 8.86. The van der Waals surface area contributed by atoms with Crippen LogP contribution >= 0.6 is 11.6 Å². The fraction of sp³-hybridized carbons (Fsp3) is 0.240. The van der Waals surface area contributed by atoms with E-state index in [9.17, 15) is 21.6 Å². The number of sulfonamides is 2. The van der Waals surface area contributed by atoms with E-state index >= 15 is 0 Å². The van der Waals surface area contributed by atoms with Gasteiger partial charge in [-0.15, -0.1) is 0 Å². The fourth-order valence-electron chi connectivity index (χ4n) is 3.97. The molecule has 0 radical (unpaired) electrons. The summed E-state index contributed by atoms with van der Waals surface area (Å²) in [4.78, 5) is 14.6. The summed E-state index contributed by atoms with van der Waals surface area (Å²) >= 11 is 5.91. The Hall–Kier alpha value is -3.28. The standard InChI is InChI=1S/C25H26ClN3O6S2/c1-35-24-13-12-22(17-23(24)25(30)29-14-3-2-4-15-29)37(33,34)27-19-8-10-21(11-9-19)36(31,32)28-20-7-5-6-18(26)16-20/h5-13,16-17,27-28H,2-4,14-15H2,1H3. The molecule has 1 aliphatic rings. The number of methoxy groups -OCH3 is 1. The molecule has 9 nitrogen and oxygen atoms in total. The van der Waals surface area contributed by atoms with Gasteiger partial charge in [-0.2, -0.15) is 0 Å². The molecule has 0 saturated carbocycles. The molecule has 0 aliphatic carbocycles. The number of carbonyl (C=O) groups is 1. The van der Waals surface area contributed by atoms with Crippen LogP contribution in [0.1, 0.15) is 29.6 Å². The van der Waals surface area contributed by atoms with E-state index in [2.05, 4.69) is 9.44 Å². The van der Waals surface area contributed by atoms with Gasteiger partial charge in [0.2, 0.25) is 0 Å². The number of halogens is 1. The van der Waals surface area contributed by atoms with E-state index in [1.807, 2.05) is 0 Å². The highest BCUT2D eigenvalue weighted by atomic mass is 35.5. The van der Waals surface area contributed by atoms with Gasteiger partial charge in [-0.05, 0) is 79.9 Å². The van der Waals surface area contributed by atoms with E-state index in [4.69, 9.17) is 16.3 Å². The molecule has 0 bridgehead atoms. The molecular weight excluding hydrogens is 538 g/mol. The Balaban J connectivity index is 1.53. The van der Waals surface area contributed by atoms with Gasteiger partial charge in [0.05, 0.1) is 28.2 Å². The first-order valence-electron chi connectivity index (χ1n) is 11.5. The Morgan fingerprint density at radius 3 is 2.08 bits per heavy atom. The minimum absolute atomic E-state index is 0.0608. The Morgan fingerprint density at radius 2 is 1.43 bits per heavy atom. The van der Waals surface area contributed by atoms with E-state index in [1.165, 1.54) is 55.6 Å². The summed E-state index contributed by atoms with van der Waals surface area (Å²) in [5.41, 5.74) is 0.619. The van der Waals surface area contributed by atoms with Crippen LogP contribution in [-0.4, -0.2) is 47.8 Å². The second-order valence-corrected chi connectivity index (χ2v) is 12.3. The number of rotatable bonds is 8. The number of likely N-dealkylation sites (tertiary alicyclic amines) is 1. The molecule has 1 amide bonds. The normalized spacial score (nSPS) is 14.2. The minimum atomic E-state index is -4.08. The lowest BCUT2D eigenvalue weighted by atomic mass is 10.1. The quantitative estimate of drug-likeness (QED) is 0.414. The first kappa shape index (κ1) is 26.8. The number of ether oxygens (including phenoxy) is 1. The molecule has 1 aliphatic heterocycles. The molecule has 3 aromatic carbocycles. The number of nitrogens with zero attached hydrogens (tertiary/aromatic N) is 1. The number of nitrogens with one attached hydrogen (secondary N) is 2. The fourth-order valence-corrected chi connectivity index (χ4v) is 6.30. The van der Waals surface area contributed by atoms with Crippen LogP contribution in [-0.2, 0) is 20.0 Å². The van der Waals surface area contributed by atoms with Gasteiger partial charge in [0.25, 0.3) is 26.0 Å². The number of hydrogen-bond acceptors (Lipinski definition) is 6. The molecule has 0 atom stereocenters. The van der Waals surface area contributed by atoms with E-state index in [-0.39, 0.29) is 32.7 Å². The molecular formula is C25H26ClN3O6S2. The van der Waals surface area contributed by atoms with E-state index in [0.29, 0.717) is 23.8 Å². The summed E-state index contributed by atoms with van der Waals surface area (Å²) in [5.74, 6) is 0.00616. The third kappa shape index (κ3) is 6.35. The highest BCUT2D eigenvalue weighted by Gasteiger charge is 2.25. The monoisotopic (exact) mass is 563 g/mol. The van der Waals surface area contributed by atoms with Crippen LogP contribution in [0, 0.1) is 0 Å². The molecule has 1 saturated heterocycles. The summed E-state index contributed by atoms with van der Waals surface area (Å²) in [7, 11) is -6.58. The summed E-state index contributed by atoms with van der Waals surface area (Å²) in [6, 6.07) is 15.6. The largest absolute Gasteiger partial charge is 0.496 e. The van der Waals surface area contributed by atoms with Gasteiger partial charge in [0.1, 0.15) is 5.75 Å². The number of benzene rings is 3. The van der Waals surface area contributed by atoms with Gasteiger partial charge < -0.3 is 9.64 Å². The van der Waals surface area contributed by atoms with Gasteiger partial charge in [0.15, 0.2) is 0 Å². The molecule has 2 N–H and O–H groups in total. The Morgan fingerprint density at radius 1 is 0.811 bits per heavy atom. The summed E-state index contributed by atoms with van der Waals surface area (Å²) in [6.07, 6.45) is 2.85. The number of carbonyl (C=O) groups excluding carboxylic acids is 1. The Labute approximate surface area is 221 Å². The van der Waals surface area contributed by atoms with Crippen molar-refractivity contribution in [2.75, 3.05) is 29.6 Å². The smallest absolute Gasteiger partial charge is 0.261 e. The number of hydrogen-bond donors (Lipinski definition) is 2. The lowest BCUT2D eigenvalue weighted by Crippen LogP contribution is -2.35. The van der Waals surface area contributed by atoms with Crippen LogP contribution in [0.3, 0.4) is 0 Å². The topological polar surface area (TPSA) is 122 Å². The summed E-state index contributed by atoms with van der Waals surface area (Å²) in [6.45, 7) is 1.22. The van der Waals surface area contributed by atoms with Crippen LogP contribution in [0.15, 0.2) is 76.5 Å². The highest BCUT2D eigenvalue weighted by molar-refractivity contribution is 7.93. The Bertz CT molecular complexity index is 1500. The minimum Gasteiger partial charge on any atom is -0.496 e. The van der Waals surface area contributed by atoms with Gasteiger partial charge >= 0.3 is 0 Å². The molecule has 37 heavy (non-hydrogen) atoms. The maximum atomic E-state index is 13.1. The Kier molecular flexibility index (Phi) is 7.96. The van der Waals surface area contributed by atoms with Crippen molar-refractivity contribution in [3.05, 3.63) is 77.3 Å². The van der Waals surface area contributed by atoms with Crippen LogP contribution in [0.5, 0.6) is 5.75 Å². The zero-order chi connectivity index (χ0) is 26.6. The van der Waals surface area contributed by atoms with Crippen molar-refractivity contribution in [2.45, 2.75) is 29.1 Å². The maximum absolute atomic E-state index is 13.1. The van der Waals surface area contributed by atoms with Crippen molar-refractivity contribution < 1.29 is 26.4 Å². The third-order valence-electron chi connectivity index (χ3n) is 5.85. The lowest BCUT2D eigenvalue weighted by Gasteiger charge is -2.27. The van der Waals surface area contributed by atoms with Gasteiger partial charge in [-0.1, -0.05) is 17.7 Å². The predicted octanol–water partition coefficient (Wildman–Crippen LogP) is 4.58. The van der Waals surface area contributed by atoms with Crippen LogP contribution < -0.4 is 14.2 Å². The van der Waals surface area contributed by atoms with E-state index in [0.717, 1.165) is 19.3 Å². The van der Waals surface area contributed by atoms with Crippen molar-refractivity contribution in [2.24, 2.45) is 0 Å². The molecule has 0 aromatic heterocycles. The van der Waals surface area contributed by atoms with Crippen molar-refractivity contribution in [1.82, 2.24) is 4.90 Å². The summed E-state index contributed by atoms with van der Waals surface area (Å²) in [5, 5.41) is 0.379. The molecule has 1 fully saturated rings. The van der Waals surface area contributed by atoms with E-state index in [1.54, 1.807) is 23.1 Å². The lowest BCUT2D eigenvalue weighted by molar-refractivity contribution is 0.0720. The van der Waals surface area contributed by atoms with Crippen LogP contribution in [0.2, 0.25) is 5.02 Å². The first-order valence-corrected chi connectivity index (χ1v) is 14.8. The average Bonchev–Trinajstić information content (AvgIpc) is 2.88. The maximum Gasteiger partial charge on any atom is 0.261 e. The molecule has 0 spiro atoms. The zero-order valence-electron chi connectivity index (χ0n) is 20.0. The second-order valence-electron chi connectivity index (χ2n) is 8.46. The number of piperidine rings is 1. The molecule has 12 heteroatoms. The van der Waals surface area contributed by atoms with Gasteiger partial charge in [0, 0.05) is 23.8 Å². The van der Waals surface area contributed by atoms with Crippen LogP contribution in [0.4, 0.5) is 11.4 Å². The SMILES string of the molecule is COc1ccc(S(=O)(=O)Nc2ccc(S(=O)(=O)Nc3cccc(Cl)c3)cc2)cc1C(=O)N1CCCCC1. The summed E-state index contributed by atoms with van der Waals surface area (Å²) < 4.78 is 61.7. The zero-order valence-corrected chi connectivity index (χ0v) is 22.4. The molecule has 196 valence electrons. The second kappa shape index (κ2) is 11.0. The first-order chi connectivity index (χ1) is 17.6. The molecule has 4 rings (SSSR count). The van der Waals surface area contributed by atoms with Crippen molar-refractivity contribution in [3.8, 4) is 5.75 Å². The molecule has 0 unspecified atom stereocenters. The number of amides is 1. The van der Waals surface area contributed by atoms with Crippen molar-refractivity contribution in [3.63, 3.8) is 0 Å². The van der Waals surface area contributed by atoms with Gasteiger partial charge in [-0.25, -0.2) is 16.8 Å². The van der Waals surface area contributed by atoms with Crippen molar-refractivity contribution >= 4 is 48.9 Å². The molecule has 1 heterocycles. The van der Waals surface area contributed by atoms with Crippen molar-refractivity contribution in [1.29, 1.82) is 0 Å². The van der Waals surface area contributed by atoms with Crippen LogP contribution in [0.25, 0.3) is 0 Å². The predicted molar refractivity (Wildman–Crippen MR) is 142 cm³/mol. The van der Waals surface area contributed by atoms with E-state index < -0.39 is 20.0 Å². The van der Waals surface area contributed by atoms with Gasteiger partial charge in [-0.3, -0.25) is 14.2 Å². The highest BCUT2D eigenvalue weighted by Crippen LogP contribution is 2.27. The number of anilines is 2.